The van der Waals surface area contributed by atoms with Crippen LogP contribution in [-0.2, 0) is 4.74 Å². The Morgan fingerprint density at radius 2 is 1.81 bits per heavy atom. The van der Waals surface area contributed by atoms with Gasteiger partial charge in [0.25, 0.3) is 0 Å². The number of aliphatic imine (C=N–C) groups is 1. The highest BCUT2D eigenvalue weighted by Gasteiger charge is 2.17. The van der Waals surface area contributed by atoms with E-state index in [1.54, 1.807) is 0 Å². The molecule has 3 unspecified atom stereocenters. The van der Waals surface area contributed by atoms with E-state index in [4.69, 9.17) is 4.74 Å². The largest absolute Gasteiger partial charge is 0.379 e. The van der Waals surface area contributed by atoms with Crippen LogP contribution in [0.15, 0.2) is 35.3 Å². The highest BCUT2D eigenvalue weighted by atomic mass is 127. The molecule has 1 aliphatic heterocycles. The van der Waals surface area contributed by atoms with Gasteiger partial charge in [0, 0.05) is 45.2 Å². The topological polar surface area (TPSA) is 48.9 Å². The molecule has 1 aromatic rings. The van der Waals surface area contributed by atoms with Crippen LogP contribution in [0.3, 0.4) is 0 Å². The smallest absolute Gasteiger partial charge is 0.191 e. The number of hydrogen-bond donors (Lipinski definition) is 2. The molecule has 148 valence electrons. The fraction of sp³-hybridized carbons (Fsp3) is 0.650. The SMILES string of the molecule is CN=C(NCC(C)CN1CCOCC1)NC(C)C(C)c1ccccc1.I. The van der Waals surface area contributed by atoms with E-state index in [0.29, 0.717) is 17.9 Å². The number of guanidine groups is 1. The zero-order chi connectivity index (χ0) is 18.1. The third kappa shape index (κ3) is 7.80. The molecular weight excluding hydrogens is 439 g/mol. The minimum atomic E-state index is 0. The maximum Gasteiger partial charge on any atom is 0.191 e. The van der Waals surface area contributed by atoms with Gasteiger partial charge in [-0.05, 0) is 18.4 Å². The number of benzene rings is 1. The summed E-state index contributed by atoms with van der Waals surface area (Å²) >= 11 is 0. The van der Waals surface area contributed by atoms with Gasteiger partial charge in [-0.2, -0.15) is 0 Å². The standard InChI is InChI=1S/C20H34N4O.HI/c1-16(15-24-10-12-25-13-11-24)14-22-20(21-4)23-18(3)17(2)19-8-6-5-7-9-19;/h5-9,16-18H,10-15H2,1-4H3,(H2,21,22,23);1H. The first-order valence-corrected chi connectivity index (χ1v) is 9.42. The van der Waals surface area contributed by atoms with Crippen molar-refractivity contribution in [3.05, 3.63) is 35.9 Å². The van der Waals surface area contributed by atoms with Crippen LogP contribution in [0.25, 0.3) is 0 Å². The summed E-state index contributed by atoms with van der Waals surface area (Å²) in [7, 11) is 1.84. The molecule has 1 aromatic carbocycles. The van der Waals surface area contributed by atoms with Crippen molar-refractivity contribution in [2.24, 2.45) is 10.9 Å². The summed E-state index contributed by atoms with van der Waals surface area (Å²) in [6.07, 6.45) is 0. The lowest BCUT2D eigenvalue weighted by molar-refractivity contribution is 0.0320. The minimum Gasteiger partial charge on any atom is -0.379 e. The Balaban J connectivity index is 0.00000338. The van der Waals surface area contributed by atoms with Crippen LogP contribution in [-0.4, -0.2) is 63.3 Å². The van der Waals surface area contributed by atoms with E-state index in [0.717, 1.165) is 45.4 Å². The van der Waals surface area contributed by atoms with Crippen LogP contribution in [0.2, 0.25) is 0 Å². The van der Waals surface area contributed by atoms with E-state index < -0.39 is 0 Å². The van der Waals surface area contributed by atoms with Crippen molar-refractivity contribution >= 4 is 29.9 Å². The summed E-state index contributed by atoms with van der Waals surface area (Å²) in [5.41, 5.74) is 1.35. The quantitative estimate of drug-likeness (QED) is 0.363. The molecule has 1 heterocycles. The lowest BCUT2D eigenvalue weighted by atomic mass is 9.94. The maximum absolute atomic E-state index is 5.41. The molecule has 3 atom stereocenters. The van der Waals surface area contributed by atoms with Crippen LogP contribution >= 0.6 is 24.0 Å². The number of nitrogens with one attached hydrogen (secondary N) is 2. The Morgan fingerprint density at radius 1 is 1.15 bits per heavy atom. The minimum absolute atomic E-state index is 0. The molecule has 0 radical (unpaired) electrons. The Kier molecular flexibility index (Phi) is 11.2. The van der Waals surface area contributed by atoms with Gasteiger partial charge >= 0.3 is 0 Å². The van der Waals surface area contributed by atoms with Gasteiger partial charge in [-0.25, -0.2) is 0 Å². The van der Waals surface area contributed by atoms with Gasteiger partial charge in [0.1, 0.15) is 0 Å². The highest BCUT2D eigenvalue weighted by molar-refractivity contribution is 14.0. The first kappa shape index (κ1) is 23.2. The lowest BCUT2D eigenvalue weighted by Crippen LogP contribution is -2.47. The number of rotatable bonds is 7. The Morgan fingerprint density at radius 3 is 2.42 bits per heavy atom. The van der Waals surface area contributed by atoms with Crippen molar-refractivity contribution in [3.63, 3.8) is 0 Å². The molecule has 5 nitrogen and oxygen atoms in total. The molecule has 0 bridgehead atoms. The predicted octanol–water partition coefficient (Wildman–Crippen LogP) is 2.93. The molecular formula is C20H35IN4O. The summed E-state index contributed by atoms with van der Waals surface area (Å²) in [5.74, 6) is 1.87. The van der Waals surface area contributed by atoms with Gasteiger partial charge in [0.05, 0.1) is 13.2 Å². The van der Waals surface area contributed by atoms with Crippen LogP contribution in [0.1, 0.15) is 32.3 Å². The van der Waals surface area contributed by atoms with E-state index in [1.807, 2.05) is 7.05 Å². The van der Waals surface area contributed by atoms with Crippen LogP contribution in [0.5, 0.6) is 0 Å². The van der Waals surface area contributed by atoms with Crippen molar-refractivity contribution in [1.29, 1.82) is 0 Å². The molecule has 1 aliphatic rings. The molecule has 6 heteroatoms. The molecule has 2 rings (SSSR count). The fourth-order valence-corrected chi connectivity index (χ4v) is 3.14. The first-order valence-electron chi connectivity index (χ1n) is 9.42. The van der Waals surface area contributed by atoms with Crippen molar-refractivity contribution in [2.45, 2.75) is 32.7 Å². The van der Waals surface area contributed by atoms with Crippen molar-refractivity contribution in [2.75, 3.05) is 46.4 Å². The Hall–Kier alpha value is -0.860. The van der Waals surface area contributed by atoms with Crippen molar-refractivity contribution in [3.8, 4) is 0 Å². The monoisotopic (exact) mass is 474 g/mol. The van der Waals surface area contributed by atoms with E-state index >= 15 is 0 Å². The van der Waals surface area contributed by atoms with Crippen molar-refractivity contribution in [1.82, 2.24) is 15.5 Å². The summed E-state index contributed by atoms with van der Waals surface area (Å²) < 4.78 is 5.41. The molecule has 0 saturated carbocycles. The Bertz CT molecular complexity index is 520. The number of hydrogen-bond acceptors (Lipinski definition) is 3. The molecule has 26 heavy (non-hydrogen) atoms. The molecule has 0 aromatic heterocycles. The van der Waals surface area contributed by atoms with E-state index in [9.17, 15) is 0 Å². The zero-order valence-corrected chi connectivity index (χ0v) is 18.9. The second-order valence-electron chi connectivity index (χ2n) is 7.10. The molecule has 0 amide bonds. The third-order valence-electron chi connectivity index (χ3n) is 4.95. The second kappa shape index (κ2) is 12.5. The summed E-state index contributed by atoms with van der Waals surface area (Å²) in [5, 5.41) is 7.01. The average Bonchev–Trinajstić information content (AvgIpc) is 2.65. The number of morpholine rings is 1. The molecule has 1 saturated heterocycles. The third-order valence-corrected chi connectivity index (χ3v) is 4.95. The predicted molar refractivity (Wildman–Crippen MR) is 121 cm³/mol. The highest BCUT2D eigenvalue weighted by Crippen LogP contribution is 2.18. The molecule has 2 N–H and O–H groups in total. The number of halogens is 1. The van der Waals surface area contributed by atoms with Gasteiger partial charge in [-0.3, -0.25) is 9.89 Å². The summed E-state index contributed by atoms with van der Waals surface area (Å²) in [6, 6.07) is 10.9. The summed E-state index contributed by atoms with van der Waals surface area (Å²) in [4.78, 5) is 6.86. The van der Waals surface area contributed by atoms with Crippen LogP contribution in [0.4, 0.5) is 0 Å². The first-order chi connectivity index (χ1) is 12.1. The molecule has 1 fully saturated rings. The van der Waals surface area contributed by atoms with Gasteiger partial charge in [0.15, 0.2) is 5.96 Å². The number of nitrogens with zero attached hydrogens (tertiary/aromatic N) is 2. The zero-order valence-electron chi connectivity index (χ0n) is 16.6. The Labute approximate surface area is 176 Å². The lowest BCUT2D eigenvalue weighted by Gasteiger charge is -2.29. The normalized spacial score (nSPS) is 19.2. The van der Waals surface area contributed by atoms with Gasteiger partial charge in [-0.1, -0.05) is 44.2 Å². The number of ether oxygens (including phenoxy) is 1. The van der Waals surface area contributed by atoms with Gasteiger partial charge in [-0.15, -0.1) is 24.0 Å². The average molecular weight is 474 g/mol. The second-order valence-corrected chi connectivity index (χ2v) is 7.10. The summed E-state index contributed by atoms with van der Waals surface area (Å²) in [6.45, 7) is 12.6. The van der Waals surface area contributed by atoms with Gasteiger partial charge < -0.3 is 15.4 Å². The molecule has 0 spiro atoms. The maximum atomic E-state index is 5.41. The van der Waals surface area contributed by atoms with E-state index in [1.165, 1.54) is 5.56 Å². The van der Waals surface area contributed by atoms with Crippen molar-refractivity contribution < 1.29 is 4.74 Å². The van der Waals surface area contributed by atoms with E-state index in [-0.39, 0.29) is 24.0 Å². The van der Waals surface area contributed by atoms with Crippen LogP contribution in [0, 0.1) is 5.92 Å². The molecule has 0 aliphatic carbocycles. The van der Waals surface area contributed by atoms with Crippen LogP contribution < -0.4 is 10.6 Å². The van der Waals surface area contributed by atoms with Gasteiger partial charge in [0.2, 0.25) is 0 Å². The fourth-order valence-electron chi connectivity index (χ4n) is 3.14. The van der Waals surface area contributed by atoms with E-state index in [2.05, 4.69) is 71.6 Å².